The molecule has 0 spiro atoms. The first-order valence-corrected chi connectivity index (χ1v) is 7.76. The van der Waals surface area contributed by atoms with Gasteiger partial charge in [0.1, 0.15) is 5.82 Å². The third kappa shape index (κ3) is 4.16. The molecule has 2 aromatic rings. The standard InChI is InChI=1S/C15H12ClFINO3/c16-14-8-10(18)2-4-11(14)13-7-9(17)1-3-12(13)15(21)19-22-6-5-20/h1-4,7-8,20H,5-6H2,(H,19,21). The molecule has 0 radical (unpaired) electrons. The summed E-state index contributed by atoms with van der Waals surface area (Å²) in [6.45, 7) is -0.258. The third-order valence-electron chi connectivity index (χ3n) is 2.81. The molecule has 0 saturated heterocycles. The number of nitrogens with one attached hydrogen (secondary N) is 1. The van der Waals surface area contributed by atoms with E-state index in [1.54, 1.807) is 12.1 Å². The largest absolute Gasteiger partial charge is 0.394 e. The van der Waals surface area contributed by atoms with Crippen LogP contribution in [0.2, 0.25) is 5.02 Å². The van der Waals surface area contributed by atoms with E-state index in [1.165, 1.54) is 18.2 Å². The van der Waals surface area contributed by atoms with E-state index >= 15 is 0 Å². The van der Waals surface area contributed by atoms with Gasteiger partial charge in [0.15, 0.2) is 0 Å². The van der Waals surface area contributed by atoms with Crippen molar-refractivity contribution in [3.05, 3.63) is 56.4 Å². The molecule has 4 nitrogen and oxygen atoms in total. The van der Waals surface area contributed by atoms with Crippen LogP contribution < -0.4 is 5.48 Å². The number of amides is 1. The van der Waals surface area contributed by atoms with Gasteiger partial charge in [0.2, 0.25) is 0 Å². The molecule has 0 aromatic heterocycles. The van der Waals surface area contributed by atoms with Gasteiger partial charge in [0.05, 0.1) is 13.2 Å². The Morgan fingerprint density at radius 2 is 2.05 bits per heavy atom. The summed E-state index contributed by atoms with van der Waals surface area (Å²) in [5, 5.41) is 9.06. The Balaban J connectivity index is 2.41. The molecule has 116 valence electrons. The number of hydrogen-bond donors (Lipinski definition) is 2. The fraction of sp³-hybridized carbons (Fsp3) is 0.133. The second kappa shape index (κ2) is 7.87. The minimum absolute atomic E-state index is 0.0352. The van der Waals surface area contributed by atoms with Gasteiger partial charge >= 0.3 is 0 Å². The summed E-state index contributed by atoms with van der Waals surface area (Å²) < 4.78 is 14.5. The smallest absolute Gasteiger partial charge is 0.275 e. The summed E-state index contributed by atoms with van der Waals surface area (Å²) in [5.41, 5.74) is 3.34. The van der Waals surface area contributed by atoms with Crippen LogP contribution in [0.4, 0.5) is 4.39 Å². The first-order chi connectivity index (χ1) is 10.5. The lowest BCUT2D eigenvalue weighted by Crippen LogP contribution is -2.25. The number of carbonyl (C=O) groups excluding carboxylic acids is 1. The quantitative estimate of drug-likeness (QED) is 0.430. The zero-order valence-electron chi connectivity index (χ0n) is 11.3. The summed E-state index contributed by atoms with van der Waals surface area (Å²) in [6.07, 6.45) is 0. The average Bonchev–Trinajstić information content (AvgIpc) is 2.47. The van der Waals surface area contributed by atoms with Crippen molar-refractivity contribution in [1.82, 2.24) is 5.48 Å². The highest BCUT2D eigenvalue weighted by atomic mass is 127. The Morgan fingerprint density at radius 3 is 2.73 bits per heavy atom. The van der Waals surface area contributed by atoms with Crippen molar-refractivity contribution in [2.75, 3.05) is 13.2 Å². The van der Waals surface area contributed by atoms with Gasteiger partial charge in [-0.05, 0) is 58.5 Å². The van der Waals surface area contributed by atoms with Crippen LogP contribution in [0, 0.1) is 9.39 Å². The molecule has 2 N–H and O–H groups in total. The molecule has 22 heavy (non-hydrogen) atoms. The highest BCUT2D eigenvalue weighted by Gasteiger charge is 2.16. The number of carbonyl (C=O) groups is 1. The minimum Gasteiger partial charge on any atom is -0.394 e. The molecule has 0 heterocycles. The van der Waals surface area contributed by atoms with E-state index in [1.807, 2.05) is 6.07 Å². The zero-order valence-corrected chi connectivity index (χ0v) is 14.2. The Labute approximate surface area is 145 Å². The summed E-state index contributed by atoms with van der Waals surface area (Å²) in [4.78, 5) is 16.9. The van der Waals surface area contributed by atoms with Crippen molar-refractivity contribution in [1.29, 1.82) is 0 Å². The molecule has 0 aliphatic carbocycles. The lowest BCUT2D eigenvalue weighted by Gasteiger charge is -2.12. The van der Waals surface area contributed by atoms with Gasteiger partial charge in [0, 0.05) is 19.7 Å². The van der Waals surface area contributed by atoms with E-state index in [9.17, 15) is 9.18 Å². The van der Waals surface area contributed by atoms with Crippen LogP contribution in [0.5, 0.6) is 0 Å². The number of aliphatic hydroxyl groups is 1. The molecule has 0 saturated carbocycles. The zero-order chi connectivity index (χ0) is 16.1. The number of benzene rings is 2. The first kappa shape index (κ1) is 17.1. The van der Waals surface area contributed by atoms with E-state index in [4.69, 9.17) is 21.5 Å². The summed E-state index contributed by atoms with van der Waals surface area (Å²) in [5.74, 6) is -1.02. The SMILES string of the molecule is O=C(NOCCO)c1ccc(F)cc1-c1ccc(I)cc1Cl. The monoisotopic (exact) mass is 435 g/mol. The average molecular weight is 436 g/mol. The maximum absolute atomic E-state index is 13.6. The van der Waals surface area contributed by atoms with Gasteiger partial charge in [-0.15, -0.1) is 0 Å². The molecule has 0 aliphatic heterocycles. The molecular formula is C15H12ClFINO3. The third-order valence-corrected chi connectivity index (χ3v) is 3.79. The summed E-state index contributed by atoms with van der Waals surface area (Å²) >= 11 is 8.31. The van der Waals surface area contributed by atoms with Crippen LogP contribution in [0.1, 0.15) is 10.4 Å². The van der Waals surface area contributed by atoms with Gasteiger partial charge in [-0.25, -0.2) is 9.87 Å². The Morgan fingerprint density at radius 1 is 1.27 bits per heavy atom. The van der Waals surface area contributed by atoms with Crippen molar-refractivity contribution >= 4 is 40.1 Å². The number of rotatable bonds is 5. The molecule has 0 unspecified atom stereocenters. The van der Waals surface area contributed by atoms with Crippen molar-refractivity contribution in [2.24, 2.45) is 0 Å². The Bertz CT molecular complexity index is 696. The maximum Gasteiger partial charge on any atom is 0.275 e. The molecule has 7 heteroatoms. The molecule has 0 atom stereocenters. The Kier molecular flexibility index (Phi) is 6.13. The second-order valence-electron chi connectivity index (χ2n) is 4.32. The predicted octanol–water partition coefficient (Wildman–Crippen LogP) is 3.40. The second-order valence-corrected chi connectivity index (χ2v) is 5.97. The highest BCUT2D eigenvalue weighted by molar-refractivity contribution is 14.1. The highest BCUT2D eigenvalue weighted by Crippen LogP contribution is 2.32. The molecule has 2 aromatic carbocycles. The van der Waals surface area contributed by atoms with Crippen molar-refractivity contribution in [2.45, 2.75) is 0 Å². The normalized spacial score (nSPS) is 10.5. The van der Waals surface area contributed by atoms with Gasteiger partial charge < -0.3 is 5.11 Å². The van der Waals surface area contributed by atoms with Crippen LogP contribution >= 0.6 is 34.2 Å². The van der Waals surface area contributed by atoms with Crippen LogP contribution in [0.25, 0.3) is 11.1 Å². The summed E-state index contributed by atoms with van der Waals surface area (Å²) in [6, 6.07) is 9.06. The van der Waals surface area contributed by atoms with E-state index < -0.39 is 11.7 Å². The van der Waals surface area contributed by atoms with E-state index in [0.29, 0.717) is 16.1 Å². The molecule has 0 aliphatic rings. The number of hydrogen-bond acceptors (Lipinski definition) is 3. The van der Waals surface area contributed by atoms with Crippen LogP contribution in [-0.2, 0) is 4.84 Å². The Hall–Kier alpha value is -1.22. The van der Waals surface area contributed by atoms with E-state index in [2.05, 4.69) is 28.1 Å². The van der Waals surface area contributed by atoms with Gasteiger partial charge in [-0.3, -0.25) is 9.63 Å². The maximum atomic E-state index is 13.6. The predicted molar refractivity (Wildman–Crippen MR) is 90.1 cm³/mol. The number of hydroxylamine groups is 1. The fourth-order valence-corrected chi connectivity index (χ4v) is 2.82. The lowest BCUT2D eigenvalue weighted by molar-refractivity contribution is 0.0169. The molecule has 0 bridgehead atoms. The number of halogens is 3. The van der Waals surface area contributed by atoms with Crippen molar-refractivity contribution < 1.29 is 19.1 Å². The van der Waals surface area contributed by atoms with Crippen LogP contribution in [0.15, 0.2) is 36.4 Å². The minimum atomic E-state index is -0.543. The molecule has 0 fully saturated rings. The topological polar surface area (TPSA) is 58.6 Å². The van der Waals surface area contributed by atoms with Crippen LogP contribution in [0.3, 0.4) is 0 Å². The van der Waals surface area contributed by atoms with Gasteiger partial charge in [-0.2, -0.15) is 0 Å². The van der Waals surface area contributed by atoms with E-state index in [-0.39, 0.29) is 18.8 Å². The number of aliphatic hydroxyl groups excluding tert-OH is 1. The van der Waals surface area contributed by atoms with Crippen molar-refractivity contribution in [3.63, 3.8) is 0 Å². The van der Waals surface area contributed by atoms with E-state index in [0.717, 1.165) is 3.57 Å². The first-order valence-electron chi connectivity index (χ1n) is 6.31. The fourth-order valence-electron chi connectivity index (χ4n) is 1.86. The van der Waals surface area contributed by atoms with Gasteiger partial charge in [0.25, 0.3) is 5.91 Å². The molecule has 2 rings (SSSR count). The lowest BCUT2D eigenvalue weighted by atomic mass is 9.99. The summed E-state index contributed by atoms with van der Waals surface area (Å²) in [7, 11) is 0. The molecule has 1 amide bonds. The van der Waals surface area contributed by atoms with Gasteiger partial charge in [-0.1, -0.05) is 17.7 Å². The van der Waals surface area contributed by atoms with Crippen LogP contribution in [-0.4, -0.2) is 24.2 Å². The molecular weight excluding hydrogens is 424 g/mol. The van der Waals surface area contributed by atoms with Crippen molar-refractivity contribution in [3.8, 4) is 11.1 Å².